The van der Waals surface area contributed by atoms with Crippen molar-refractivity contribution in [3.8, 4) is 5.75 Å². The highest BCUT2D eigenvalue weighted by atomic mass is 16.3. The van der Waals surface area contributed by atoms with Gasteiger partial charge in [-0.25, -0.2) is 0 Å². The van der Waals surface area contributed by atoms with Crippen LogP contribution in [-0.2, 0) is 6.42 Å². The number of benzene rings is 1. The van der Waals surface area contributed by atoms with Gasteiger partial charge in [0.2, 0.25) is 0 Å². The molecule has 27 heavy (non-hydrogen) atoms. The fourth-order valence-corrected chi connectivity index (χ4v) is 6.24. The van der Waals surface area contributed by atoms with E-state index >= 15 is 0 Å². The second-order valence-electron chi connectivity index (χ2n) is 8.95. The van der Waals surface area contributed by atoms with Crippen molar-refractivity contribution in [1.29, 1.82) is 0 Å². The third kappa shape index (κ3) is 2.63. The number of aryl methyl sites for hydroxylation is 1. The zero-order valence-electron chi connectivity index (χ0n) is 15.8. The lowest BCUT2D eigenvalue weighted by molar-refractivity contribution is -0.0158. The van der Waals surface area contributed by atoms with Gasteiger partial charge >= 0.3 is 0 Å². The number of fused-ring (bicyclic) bond motifs is 5. The summed E-state index contributed by atoms with van der Waals surface area (Å²) in [5.74, 6) is 2.10. The first kappa shape index (κ1) is 17.0. The third-order valence-electron chi connectivity index (χ3n) is 7.64. The van der Waals surface area contributed by atoms with Gasteiger partial charge in [0, 0.05) is 17.8 Å². The Kier molecular flexibility index (Phi) is 3.90. The first-order valence-corrected chi connectivity index (χ1v) is 10.2. The lowest BCUT2D eigenvalue weighted by Gasteiger charge is -2.49. The zero-order valence-corrected chi connectivity index (χ0v) is 15.8. The van der Waals surface area contributed by atoms with E-state index in [1.54, 1.807) is 0 Å². The summed E-state index contributed by atoms with van der Waals surface area (Å²) in [6, 6.07) is 9.96. The molecule has 1 heterocycles. The molecule has 3 nitrogen and oxygen atoms in total. The van der Waals surface area contributed by atoms with Crippen molar-refractivity contribution in [3.63, 3.8) is 0 Å². The molecule has 3 aliphatic carbocycles. The van der Waals surface area contributed by atoms with Gasteiger partial charge in [-0.15, -0.1) is 0 Å². The normalized spacial score (nSPS) is 36.1. The van der Waals surface area contributed by atoms with E-state index in [0.29, 0.717) is 23.5 Å². The first-order chi connectivity index (χ1) is 13.1. The number of hydrogen-bond donors (Lipinski definition) is 2. The van der Waals surface area contributed by atoms with Gasteiger partial charge in [0.05, 0.1) is 6.10 Å². The van der Waals surface area contributed by atoms with Crippen molar-refractivity contribution >= 4 is 6.08 Å². The van der Waals surface area contributed by atoms with Crippen LogP contribution in [0.3, 0.4) is 0 Å². The van der Waals surface area contributed by atoms with Gasteiger partial charge < -0.3 is 10.2 Å². The highest BCUT2D eigenvalue weighted by Crippen LogP contribution is 2.62. The molecule has 0 aliphatic heterocycles. The summed E-state index contributed by atoms with van der Waals surface area (Å²) in [7, 11) is 0. The van der Waals surface area contributed by atoms with Crippen LogP contribution in [0.15, 0.2) is 48.3 Å². The van der Waals surface area contributed by atoms with Crippen LogP contribution in [0.4, 0.5) is 0 Å². The standard InChI is InChI=1S/C24H27NO2/c1-24-9-6-20-19-5-3-18(26)13-16(19)2-4-21(20)22(24)14-17(23(24)27)12-15-7-10-25-11-8-15/h3,5,7-8,10-13,20-23,26-27H,2,4,6,9,14H2,1H3/b17-12+/t20?,21?,22?,23-,24-/m0/s1. The van der Waals surface area contributed by atoms with Crippen LogP contribution in [0.1, 0.15) is 55.2 Å². The minimum atomic E-state index is -0.349. The topological polar surface area (TPSA) is 53.4 Å². The van der Waals surface area contributed by atoms with Crippen molar-refractivity contribution in [1.82, 2.24) is 4.98 Å². The Morgan fingerprint density at radius 3 is 2.78 bits per heavy atom. The van der Waals surface area contributed by atoms with Crippen molar-refractivity contribution in [2.45, 2.75) is 51.0 Å². The molecule has 0 bridgehead atoms. The summed E-state index contributed by atoms with van der Waals surface area (Å²) in [6.07, 6.45) is 10.8. The van der Waals surface area contributed by atoms with E-state index in [-0.39, 0.29) is 11.5 Å². The Balaban J connectivity index is 1.49. The smallest absolute Gasteiger partial charge is 0.115 e. The molecule has 5 atom stereocenters. The summed E-state index contributed by atoms with van der Waals surface area (Å²) in [5, 5.41) is 21.0. The molecule has 2 N–H and O–H groups in total. The summed E-state index contributed by atoms with van der Waals surface area (Å²) < 4.78 is 0. The van der Waals surface area contributed by atoms with Gasteiger partial charge in [-0.2, -0.15) is 0 Å². The van der Waals surface area contributed by atoms with Crippen LogP contribution in [0, 0.1) is 17.3 Å². The Bertz CT molecular complexity index is 891. The van der Waals surface area contributed by atoms with Crippen LogP contribution >= 0.6 is 0 Å². The molecule has 3 heteroatoms. The van der Waals surface area contributed by atoms with Gasteiger partial charge in [-0.3, -0.25) is 4.98 Å². The van der Waals surface area contributed by atoms with E-state index in [4.69, 9.17) is 0 Å². The maximum Gasteiger partial charge on any atom is 0.115 e. The van der Waals surface area contributed by atoms with E-state index in [1.165, 1.54) is 16.7 Å². The van der Waals surface area contributed by atoms with Gasteiger partial charge in [0.1, 0.15) is 5.75 Å². The molecule has 3 aliphatic rings. The monoisotopic (exact) mass is 361 g/mol. The molecule has 3 unspecified atom stereocenters. The molecule has 0 saturated heterocycles. The quantitative estimate of drug-likeness (QED) is 0.774. The number of hydrogen-bond acceptors (Lipinski definition) is 3. The maximum atomic E-state index is 11.2. The predicted octanol–water partition coefficient (Wildman–Crippen LogP) is 4.70. The Hall–Kier alpha value is -2.13. The second kappa shape index (κ2) is 6.20. The van der Waals surface area contributed by atoms with Gasteiger partial charge in [-0.1, -0.05) is 19.1 Å². The summed E-state index contributed by atoms with van der Waals surface area (Å²) in [4.78, 5) is 4.10. The van der Waals surface area contributed by atoms with Crippen LogP contribution in [-0.4, -0.2) is 21.3 Å². The van der Waals surface area contributed by atoms with Crippen LogP contribution in [0.5, 0.6) is 5.75 Å². The number of aromatic nitrogens is 1. The van der Waals surface area contributed by atoms with E-state index in [0.717, 1.165) is 37.7 Å². The summed E-state index contributed by atoms with van der Waals surface area (Å²) >= 11 is 0. The second-order valence-corrected chi connectivity index (χ2v) is 8.95. The molecule has 1 aromatic heterocycles. The molecule has 5 rings (SSSR count). The maximum absolute atomic E-state index is 11.2. The minimum Gasteiger partial charge on any atom is -0.508 e. The van der Waals surface area contributed by atoms with Crippen molar-refractivity contribution in [3.05, 3.63) is 65.0 Å². The molecule has 140 valence electrons. The van der Waals surface area contributed by atoms with E-state index < -0.39 is 0 Å². The van der Waals surface area contributed by atoms with Gasteiger partial charge in [-0.05, 0) is 96.4 Å². The van der Waals surface area contributed by atoms with Crippen molar-refractivity contribution in [2.75, 3.05) is 0 Å². The van der Waals surface area contributed by atoms with E-state index in [9.17, 15) is 10.2 Å². The number of rotatable bonds is 1. The Labute approximate surface area is 160 Å². The minimum absolute atomic E-state index is 0.0194. The number of phenolic OH excluding ortho intramolecular Hbond substituents is 1. The molecule has 1 aromatic carbocycles. The number of pyridine rings is 1. The molecular formula is C24H27NO2. The van der Waals surface area contributed by atoms with Crippen LogP contribution < -0.4 is 0 Å². The van der Waals surface area contributed by atoms with Crippen LogP contribution in [0.25, 0.3) is 6.08 Å². The Morgan fingerprint density at radius 1 is 1.15 bits per heavy atom. The summed E-state index contributed by atoms with van der Waals surface area (Å²) in [6.45, 7) is 2.30. The average molecular weight is 361 g/mol. The molecule has 2 aromatic rings. The molecule has 2 saturated carbocycles. The van der Waals surface area contributed by atoms with Gasteiger partial charge in [0.25, 0.3) is 0 Å². The SMILES string of the molecule is C[C@]12CCC3c4ccc(O)cc4CCC3C1C/C(=C\c1ccncc1)[C@@H]2O. The molecular weight excluding hydrogens is 334 g/mol. The summed E-state index contributed by atoms with van der Waals surface area (Å²) in [5.41, 5.74) is 5.06. The molecule has 0 spiro atoms. The number of aliphatic hydroxyl groups is 1. The Morgan fingerprint density at radius 2 is 1.96 bits per heavy atom. The van der Waals surface area contributed by atoms with Crippen molar-refractivity contribution < 1.29 is 10.2 Å². The number of aromatic hydroxyl groups is 1. The largest absolute Gasteiger partial charge is 0.508 e. The lowest BCUT2D eigenvalue weighted by Crippen LogP contribution is -2.44. The highest BCUT2D eigenvalue weighted by molar-refractivity contribution is 5.55. The average Bonchev–Trinajstić information content (AvgIpc) is 2.93. The van der Waals surface area contributed by atoms with Crippen LogP contribution in [0.2, 0.25) is 0 Å². The van der Waals surface area contributed by atoms with Gasteiger partial charge in [0.15, 0.2) is 0 Å². The molecule has 0 amide bonds. The number of phenols is 1. The third-order valence-corrected chi connectivity index (χ3v) is 7.64. The number of aliphatic hydroxyl groups excluding tert-OH is 1. The fourth-order valence-electron chi connectivity index (χ4n) is 6.24. The molecule has 2 fully saturated rings. The first-order valence-electron chi connectivity index (χ1n) is 10.2. The zero-order chi connectivity index (χ0) is 18.6. The molecule has 0 radical (unpaired) electrons. The number of nitrogens with zero attached hydrogens (tertiary/aromatic N) is 1. The lowest BCUT2D eigenvalue weighted by atomic mass is 9.55. The predicted molar refractivity (Wildman–Crippen MR) is 106 cm³/mol. The van der Waals surface area contributed by atoms with E-state index in [1.807, 2.05) is 36.7 Å². The van der Waals surface area contributed by atoms with Crippen molar-refractivity contribution in [2.24, 2.45) is 17.3 Å². The van der Waals surface area contributed by atoms with E-state index in [2.05, 4.69) is 24.1 Å². The fraction of sp³-hybridized carbons (Fsp3) is 0.458. The highest BCUT2D eigenvalue weighted by Gasteiger charge is 2.56.